The quantitative estimate of drug-likeness (QED) is 0.321. The fourth-order valence-corrected chi connectivity index (χ4v) is 1.15. The van der Waals surface area contributed by atoms with Crippen LogP contribution < -0.4 is 0 Å². The molecule has 0 aliphatic heterocycles. The SMILES string of the molecule is C=C(C)C(=O)OCCCC(=O)OC(=O)CC(C)(C)C. The summed E-state index contributed by atoms with van der Waals surface area (Å²) in [5.74, 6) is -1.62. The molecule has 5 heteroatoms. The summed E-state index contributed by atoms with van der Waals surface area (Å²) >= 11 is 0. The van der Waals surface area contributed by atoms with E-state index >= 15 is 0 Å². The van der Waals surface area contributed by atoms with E-state index in [-0.39, 0.29) is 24.9 Å². The highest BCUT2D eigenvalue weighted by Gasteiger charge is 2.19. The van der Waals surface area contributed by atoms with Gasteiger partial charge in [-0.3, -0.25) is 9.59 Å². The zero-order chi connectivity index (χ0) is 15.1. The van der Waals surface area contributed by atoms with Crippen molar-refractivity contribution in [3.8, 4) is 0 Å². The molecule has 5 nitrogen and oxygen atoms in total. The monoisotopic (exact) mass is 270 g/mol. The number of hydrogen-bond acceptors (Lipinski definition) is 5. The lowest BCUT2D eigenvalue weighted by atomic mass is 9.92. The summed E-state index contributed by atoms with van der Waals surface area (Å²) in [5.41, 5.74) is 0.0944. The molecule has 19 heavy (non-hydrogen) atoms. The fourth-order valence-electron chi connectivity index (χ4n) is 1.15. The molecule has 0 fully saturated rings. The summed E-state index contributed by atoms with van der Waals surface area (Å²) in [5, 5.41) is 0. The number of carbonyl (C=O) groups excluding carboxylic acids is 3. The molecule has 0 rings (SSSR count). The number of rotatable bonds is 6. The van der Waals surface area contributed by atoms with Gasteiger partial charge in [0.05, 0.1) is 13.0 Å². The molecule has 0 N–H and O–H groups in total. The van der Waals surface area contributed by atoms with Crippen molar-refractivity contribution in [2.75, 3.05) is 6.61 Å². The van der Waals surface area contributed by atoms with Crippen LogP contribution in [-0.2, 0) is 23.9 Å². The molecule has 0 spiro atoms. The Morgan fingerprint density at radius 3 is 2.16 bits per heavy atom. The Labute approximate surface area is 114 Å². The van der Waals surface area contributed by atoms with E-state index in [1.54, 1.807) is 6.92 Å². The lowest BCUT2D eigenvalue weighted by Crippen LogP contribution is -2.19. The molecule has 0 atom stereocenters. The van der Waals surface area contributed by atoms with E-state index < -0.39 is 17.9 Å². The third-order valence-corrected chi connectivity index (χ3v) is 2.01. The Kier molecular flexibility index (Phi) is 7.04. The van der Waals surface area contributed by atoms with Crippen LogP contribution in [0.1, 0.15) is 47.0 Å². The minimum atomic E-state index is -0.597. The second-order valence-corrected chi connectivity index (χ2v) is 5.60. The summed E-state index contributed by atoms with van der Waals surface area (Å²) in [7, 11) is 0. The van der Waals surface area contributed by atoms with E-state index in [4.69, 9.17) is 4.74 Å². The van der Waals surface area contributed by atoms with E-state index in [0.717, 1.165) is 0 Å². The Hall–Kier alpha value is -1.65. The van der Waals surface area contributed by atoms with Crippen LogP contribution >= 0.6 is 0 Å². The lowest BCUT2D eigenvalue weighted by molar-refractivity contribution is -0.161. The van der Waals surface area contributed by atoms with E-state index in [1.165, 1.54) is 0 Å². The Balaban J connectivity index is 3.79. The fraction of sp³-hybridized carbons (Fsp3) is 0.643. The first-order valence-electron chi connectivity index (χ1n) is 6.18. The second-order valence-electron chi connectivity index (χ2n) is 5.60. The van der Waals surface area contributed by atoms with Gasteiger partial charge in [0.25, 0.3) is 0 Å². The van der Waals surface area contributed by atoms with Crippen LogP contribution in [0.3, 0.4) is 0 Å². The number of hydrogen-bond donors (Lipinski definition) is 0. The maximum atomic E-state index is 11.4. The van der Waals surface area contributed by atoms with Gasteiger partial charge in [-0.05, 0) is 18.8 Å². The zero-order valence-corrected chi connectivity index (χ0v) is 12.1. The average molecular weight is 270 g/mol. The van der Waals surface area contributed by atoms with Crippen molar-refractivity contribution in [2.24, 2.45) is 5.41 Å². The molecule has 0 saturated heterocycles. The summed E-state index contributed by atoms with van der Waals surface area (Å²) in [6.07, 6.45) is 0.545. The van der Waals surface area contributed by atoms with Gasteiger partial charge in [0.2, 0.25) is 0 Å². The third-order valence-electron chi connectivity index (χ3n) is 2.01. The molecule has 0 aromatic carbocycles. The molecule has 108 valence electrons. The summed E-state index contributed by atoms with van der Waals surface area (Å²) in [4.78, 5) is 33.7. The van der Waals surface area contributed by atoms with Crippen LogP contribution in [0.4, 0.5) is 0 Å². The largest absolute Gasteiger partial charge is 0.462 e. The maximum absolute atomic E-state index is 11.4. The second kappa shape index (κ2) is 7.71. The van der Waals surface area contributed by atoms with E-state index in [2.05, 4.69) is 11.3 Å². The first-order chi connectivity index (χ1) is 8.61. The van der Waals surface area contributed by atoms with Crippen molar-refractivity contribution in [3.63, 3.8) is 0 Å². The van der Waals surface area contributed by atoms with Crippen molar-refractivity contribution in [1.29, 1.82) is 0 Å². The van der Waals surface area contributed by atoms with Crippen molar-refractivity contribution >= 4 is 17.9 Å². The van der Waals surface area contributed by atoms with Gasteiger partial charge in [0, 0.05) is 12.0 Å². The van der Waals surface area contributed by atoms with Crippen molar-refractivity contribution < 1.29 is 23.9 Å². The maximum Gasteiger partial charge on any atom is 0.333 e. The molecule has 0 aliphatic rings. The molecular weight excluding hydrogens is 248 g/mol. The molecule has 0 radical (unpaired) electrons. The Bertz CT molecular complexity index is 363. The molecule has 0 heterocycles. The standard InChI is InChI=1S/C14H22O5/c1-10(2)13(17)18-8-6-7-11(15)19-12(16)9-14(3,4)5/h1,6-9H2,2-5H3. The molecule has 0 aromatic heterocycles. The summed E-state index contributed by atoms with van der Waals surface area (Å²) in [6.45, 7) is 10.7. The molecular formula is C14H22O5. The number of carbonyl (C=O) groups is 3. The normalized spacial score (nSPS) is 10.7. The first-order valence-corrected chi connectivity index (χ1v) is 6.18. The van der Waals surface area contributed by atoms with Gasteiger partial charge < -0.3 is 9.47 Å². The predicted octanol–water partition coefficient (Wildman–Crippen LogP) is 2.39. The van der Waals surface area contributed by atoms with Crippen LogP contribution in [0.5, 0.6) is 0 Å². The third kappa shape index (κ3) is 10.00. The Morgan fingerprint density at radius 1 is 1.11 bits per heavy atom. The van der Waals surface area contributed by atoms with Gasteiger partial charge in [-0.1, -0.05) is 27.4 Å². The van der Waals surface area contributed by atoms with Crippen molar-refractivity contribution in [2.45, 2.75) is 47.0 Å². The number of ether oxygens (including phenoxy) is 2. The van der Waals surface area contributed by atoms with Gasteiger partial charge in [-0.25, -0.2) is 4.79 Å². The van der Waals surface area contributed by atoms with E-state index in [9.17, 15) is 14.4 Å². The highest BCUT2D eigenvalue weighted by Crippen LogP contribution is 2.19. The highest BCUT2D eigenvalue weighted by molar-refractivity contribution is 5.87. The lowest BCUT2D eigenvalue weighted by Gasteiger charge is -2.15. The summed E-state index contributed by atoms with van der Waals surface area (Å²) < 4.78 is 9.45. The van der Waals surface area contributed by atoms with Crippen LogP contribution in [0, 0.1) is 5.41 Å². The Morgan fingerprint density at radius 2 is 1.68 bits per heavy atom. The molecule has 0 aromatic rings. The first kappa shape index (κ1) is 17.4. The number of esters is 3. The molecule has 0 bridgehead atoms. The van der Waals surface area contributed by atoms with Gasteiger partial charge in [0.1, 0.15) is 0 Å². The van der Waals surface area contributed by atoms with Crippen LogP contribution in [0.15, 0.2) is 12.2 Å². The van der Waals surface area contributed by atoms with Crippen LogP contribution in [0.25, 0.3) is 0 Å². The van der Waals surface area contributed by atoms with Gasteiger partial charge >= 0.3 is 17.9 Å². The van der Waals surface area contributed by atoms with Crippen LogP contribution in [0.2, 0.25) is 0 Å². The van der Waals surface area contributed by atoms with E-state index in [0.29, 0.717) is 12.0 Å². The van der Waals surface area contributed by atoms with Crippen LogP contribution in [-0.4, -0.2) is 24.5 Å². The summed E-state index contributed by atoms with van der Waals surface area (Å²) in [6, 6.07) is 0. The van der Waals surface area contributed by atoms with Crippen molar-refractivity contribution in [3.05, 3.63) is 12.2 Å². The highest BCUT2D eigenvalue weighted by atomic mass is 16.6. The minimum absolute atomic E-state index is 0.0410. The zero-order valence-electron chi connectivity index (χ0n) is 12.1. The average Bonchev–Trinajstić information content (AvgIpc) is 2.20. The topological polar surface area (TPSA) is 69.7 Å². The predicted molar refractivity (Wildman–Crippen MR) is 70.2 cm³/mol. The minimum Gasteiger partial charge on any atom is -0.462 e. The molecule has 0 aliphatic carbocycles. The van der Waals surface area contributed by atoms with Gasteiger partial charge in [-0.2, -0.15) is 0 Å². The molecule has 0 unspecified atom stereocenters. The molecule has 0 amide bonds. The van der Waals surface area contributed by atoms with Gasteiger partial charge in [0.15, 0.2) is 0 Å². The van der Waals surface area contributed by atoms with Crippen molar-refractivity contribution in [1.82, 2.24) is 0 Å². The van der Waals surface area contributed by atoms with Gasteiger partial charge in [-0.15, -0.1) is 0 Å². The smallest absolute Gasteiger partial charge is 0.333 e. The molecule has 0 saturated carbocycles. The van der Waals surface area contributed by atoms with E-state index in [1.807, 2.05) is 20.8 Å².